The van der Waals surface area contributed by atoms with Crippen molar-refractivity contribution in [3.8, 4) is 0 Å². The first-order valence-corrected chi connectivity index (χ1v) is 3.45. The van der Waals surface area contributed by atoms with Crippen LogP contribution in [0, 0.1) is 6.92 Å². The largest absolute Gasteiger partial charge is 0.385 e. The first-order chi connectivity index (χ1) is 4.86. The van der Waals surface area contributed by atoms with Gasteiger partial charge in [-0.3, -0.25) is 0 Å². The summed E-state index contributed by atoms with van der Waals surface area (Å²) in [4.78, 5) is 3.28. The van der Waals surface area contributed by atoms with Crippen LogP contribution in [-0.2, 0) is 6.54 Å². The normalized spacial score (nSPS) is 14.5. The molecule has 0 fully saturated rings. The minimum absolute atomic E-state index is 0.930. The summed E-state index contributed by atoms with van der Waals surface area (Å²) in [5.74, 6) is 0. The molecule has 1 aromatic heterocycles. The van der Waals surface area contributed by atoms with Crippen molar-refractivity contribution in [1.29, 1.82) is 0 Å². The van der Waals surface area contributed by atoms with Crippen LogP contribution in [-0.4, -0.2) is 4.98 Å². The Labute approximate surface area is 60.0 Å². The molecule has 2 N–H and O–H groups in total. The monoisotopic (exact) mass is 134 g/mol. The number of aromatic nitrogens is 1. The summed E-state index contributed by atoms with van der Waals surface area (Å²) in [6, 6.07) is 2.16. The van der Waals surface area contributed by atoms with Gasteiger partial charge in [0, 0.05) is 11.4 Å². The average molecular weight is 134 g/mol. The maximum atomic E-state index is 3.28. The third-order valence-electron chi connectivity index (χ3n) is 1.73. The molecule has 0 radical (unpaired) electrons. The van der Waals surface area contributed by atoms with Gasteiger partial charge < -0.3 is 10.3 Å². The summed E-state index contributed by atoms with van der Waals surface area (Å²) in [5, 5.41) is 3.14. The quantitative estimate of drug-likeness (QED) is 0.551. The van der Waals surface area contributed by atoms with Crippen LogP contribution in [0.4, 0.5) is 0 Å². The average Bonchev–Trinajstić information content (AvgIpc) is 2.27. The van der Waals surface area contributed by atoms with Gasteiger partial charge in [0.1, 0.15) is 0 Å². The zero-order valence-electron chi connectivity index (χ0n) is 5.94. The van der Waals surface area contributed by atoms with Crippen LogP contribution >= 0.6 is 0 Å². The van der Waals surface area contributed by atoms with Gasteiger partial charge in [-0.1, -0.05) is 0 Å². The molecule has 0 aromatic carbocycles. The Morgan fingerprint density at radius 3 is 3.20 bits per heavy atom. The summed E-state index contributed by atoms with van der Waals surface area (Å²) in [6.07, 6.45) is 4.07. The van der Waals surface area contributed by atoms with Gasteiger partial charge in [-0.15, -0.1) is 0 Å². The van der Waals surface area contributed by atoms with E-state index in [1.807, 2.05) is 6.20 Å². The molecular weight excluding hydrogens is 124 g/mol. The molecule has 0 atom stereocenters. The zero-order chi connectivity index (χ0) is 6.97. The van der Waals surface area contributed by atoms with Crippen LogP contribution in [0.2, 0.25) is 0 Å². The highest BCUT2D eigenvalue weighted by molar-refractivity contribution is 5.54. The van der Waals surface area contributed by atoms with E-state index in [0.29, 0.717) is 0 Å². The lowest BCUT2D eigenvalue weighted by Gasteiger charge is -2.05. The molecule has 1 aromatic rings. The minimum atomic E-state index is 0.930. The third kappa shape index (κ3) is 0.727. The van der Waals surface area contributed by atoms with Crippen molar-refractivity contribution in [1.82, 2.24) is 10.3 Å². The van der Waals surface area contributed by atoms with E-state index in [9.17, 15) is 0 Å². The first-order valence-electron chi connectivity index (χ1n) is 3.45. The Morgan fingerprint density at radius 1 is 1.50 bits per heavy atom. The number of hydrogen-bond donors (Lipinski definition) is 2. The van der Waals surface area contributed by atoms with Crippen molar-refractivity contribution < 1.29 is 0 Å². The second-order valence-electron chi connectivity index (χ2n) is 2.60. The number of H-pyrrole nitrogens is 1. The van der Waals surface area contributed by atoms with E-state index in [2.05, 4.69) is 29.4 Å². The Morgan fingerprint density at radius 2 is 2.40 bits per heavy atom. The summed E-state index contributed by atoms with van der Waals surface area (Å²) in [7, 11) is 0. The van der Waals surface area contributed by atoms with E-state index in [0.717, 1.165) is 6.54 Å². The SMILES string of the molecule is Cc1cc2c([nH]1)CNC=C2. The lowest BCUT2D eigenvalue weighted by atomic mass is 10.2. The second-order valence-corrected chi connectivity index (χ2v) is 2.60. The molecular formula is C8H10N2. The summed E-state index contributed by atoms with van der Waals surface area (Å²) in [5.41, 5.74) is 3.84. The molecule has 10 heavy (non-hydrogen) atoms. The first kappa shape index (κ1) is 5.59. The molecule has 52 valence electrons. The van der Waals surface area contributed by atoms with Crippen LogP contribution in [0.15, 0.2) is 12.3 Å². The van der Waals surface area contributed by atoms with Crippen LogP contribution in [0.25, 0.3) is 6.08 Å². The van der Waals surface area contributed by atoms with Gasteiger partial charge in [-0.25, -0.2) is 0 Å². The van der Waals surface area contributed by atoms with E-state index in [1.54, 1.807) is 0 Å². The highest BCUT2D eigenvalue weighted by atomic mass is 14.9. The highest BCUT2D eigenvalue weighted by Gasteiger charge is 2.04. The number of hydrogen-bond acceptors (Lipinski definition) is 1. The van der Waals surface area contributed by atoms with Crippen molar-refractivity contribution in [3.05, 3.63) is 29.2 Å². The van der Waals surface area contributed by atoms with E-state index in [1.165, 1.54) is 17.0 Å². The second kappa shape index (κ2) is 1.90. The molecule has 0 unspecified atom stereocenters. The molecule has 0 spiro atoms. The van der Waals surface area contributed by atoms with E-state index in [4.69, 9.17) is 0 Å². The summed E-state index contributed by atoms with van der Waals surface area (Å²) >= 11 is 0. The maximum absolute atomic E-state index is 3.28. The maximum Gasteiger partial charge on any atom is 0.0551 e. The molecule has 0 saturated heterocycles. The van der Waals surface area contributed by atoms with Gasteiger partial charge in [0.2, 0.25) is 0 Å². The molecule has 1 aliphatic rings. The van der Waals surface area contributed by atoms with Gasteiger partial charge in [0.05, 0.1) is 6.54 Å². The van der Waals surface area contributed by atoms with Crippen molar-refractivity contribution in [2.45, 2.75) is 13.5 Å². The summed E-state index contributed by atoms with van der Waals surface area (Å²) < 4.78 is 0. The van der Waals surface area contributed by atoms with Crippen molar-refractivity contribution in [2.75, 3.05) is 0 Å². The molecule has 0 bridgehead atoms. The summed E-state index contributed by atoms with van der Waals surface area (Å²) in [6.45, 7) is 3.01. The third-order valence-corrected chi connectivity index (χ3v) is 1.73. The Kier molecular flexibility index (Phi) is 1.07. The number of nitrogens with one attached hydrogen (secondary N) is 2. The highest BCUT2D eigenvalue weighted by Crippen LogP contribution is 2.14. The predicted molar refractivity (Wildman–Crippen MR) is 41.4 cm³/mol. The molecule has 0 amide bonds. The molecule has 2 nitrogen and oxygen atoms in total. The molecule has 1 aliphatic heterocycles. The van der Waals surface area contributed by atoms with Gasteiger partial charge in [0.15, 0.2) is 0 Å². The lowest BCUT2D eigenvalue weighted by Crippen LogP contribution is -2.09. The van der Waals surface area contributed by atoms with Crippen molar-refractivity contribution >= 4 is 6.08 Å². The topological polar surface area (TPSA) is 27.8 Å². The van der Waals surface area contributed by atoms with Crippen LogP contribution in [0.3, 0.4) is 0 Å². The predicted octanol–water partition coefficient (Wildman–Crippen LogP) is 1.40. The molecule has 0 saturated carbocycles. The number of fused-ring (bicyclic) bond motifs is 1. The van der Waals surface area contributed by atoms with Crippen LogP contribution < -0.4 is 5.32 Å². The van der Waals surface area contributed by atoms with Gasteiger partial charge in [-0.05, 0) is 30.8 Å². The van der Waals surface area contributed by atoms with Crippen LogP contribution in [0.5, 0.6) is 0 Å². The van der Waals surface area contributed by atoms with E-state index >= 15 is 0 Å². The number of aromatic amines is 1. The minimum Gasteiger partial charge on any atom is -0.385 e. The molecule has 0 aliphatic carbocycles. The fourth-order valence-corrected chi connectivity index (χ4v) is 1.27. The molecule has 2 rings (SSSR count). The fraction of sp³-hybridized carbons (Fsp3) is 0.250. The smallest absolute Gasteiger partial charge is 0.0551 e. The molecule has 2 heterocycles. The number of rotatable bonds is 0. The number of aryl methyl sites for hydroxylation is 1. The fourth-order valence-electron chi connectivity index (χ4n) is 1.27. The van der Waals surface area contributed by atoms with Crippen molar-refractivity contribution in [2.24, 2.45) is 0 Å². The van der Waals surface area contributed by atoms with E-state index < -0.39 is 0 Å². The van der Waals surface area contributed by atoms with Gasteiger partial charge in [0.25, 0.3) is 0 Å². The Bertz CT molecular complexity index is 271. The van der Waals surface area contributed by atoms with Crippen molar-refractivity contribution in [3.63, 3.8) is 0 Å². The molecule has 2 heteroatoms. The van der Waals surface area contributed by atoms with E-state index in [-0.39, 0.29) is 0 Å². The zero-order valence-corrected chi connectivity index (χ0v) is 5.94. The van der Waals surface area contributed by atoms with Crippen LogP contribution in [0.1, 0.15) is 17.0 Å². The Hall–Kier alpha value is -1.18. The van der Waals surface area contributed by atoms with Gasteiger partial charge in [-0.2, -0.15) is 0 Å². The lowest BCUT2D eigenvalue weighted by molar-refractivity contribution is 0.831. The standard InChI is InChI=1S/C8H10N2/c1-6-4-7-2-3-9-5-8(7)10-6/h2-4,9-10H,5H2,1H3. The Balaban J connectivity index is 2.53. The van der Waals surface area contributed by atoms with Gasteiger partial charge >= 0.3 is 0 Å².